The molecule has 4 N–H and O–H groups in total. The number of halogens is 1. The van der Waals surface area contributed by atoms with E-state index in [2.05, 4.69) is 10.3 Å². The molecule has 0 saturated carbocycles. The Labute approximate surface area is 131 Å². The third kappa shape index (κ3) is 2.73. The van der Waals surface area contributed by atoms with Crippen molar-refractivity contribution in [2.45, 2.75) is 12.3 Å². The van der Waals surface area contributed by atoms with Crippen LogP contribution in [0.1, 0.15) is 28.3 Å². The van der Waals surface area contributed by atoms with E-state index in [-0.39, 0.29) is 23.2 Å². The number of carboxylic acid groups (broad SMARTS) is 1. The van der Waals surface area contributed by atoms with Crippen molar-refractivity contribution in [2.24, 2.45) is 0 Å². The second-order valence-corrected chi connectivity index (χ2v) is 5.37. The number of hydrogen-bond acceptors (Lipinski definition) is 4. The van der Waals surface area contributed by atoms with Gasteiger partial charge in [-0.05, 0) is 17.7 Å². The van der Waals surface area contributed by atoms with Crippen LogP contribution in [-0.2, 0) is 4.79 Å². The lowest BCUT2D eigenvalue weighted by atomic mass is 9.94. The first-order valence-electron chi connectivity index (χ1n) is 7.01. The van der Waals surface area contributed by atoms with Crippen LogP contribution in [0.25, 0.3) is 11.1 Å². The zero-order valence-electron chi connectivity index (χ0n) is 12.0. The second-order valence-electron chi connectivity index (χ2n) is 5.37. The van der Waals surface area contributed by atoms with E-state index in [9.17, 15) is 19.1 Å². The van der Waals surface area contributed by atoms with Gasteiger partial charge in [0.15, 0.2) is 0 Å². The molecule has 2 aromatic rings. The molecule has 1 aliphatic rings. The summed E-state index contributed by atoms with van der Waals surface area (Å²) < 4.78 is 13.9. The highest BCUT2D eigenvalue weighted by molar-refractivity contribution is 5.98. The van der Waals surface area contributed by atoms with Crippen LogP contribution in [0.3, 0.4) is 0 Å². The highest BCUT2D eigenvalue weighted by Gasteiger charge is 2.25. The highest BCUT2D eigenvalue weighted by Crippen LogP contribution is 2.33. The Bertz CT molecular complexity index is 807. The molecule has 23 heavy (non-hydrogen) atoms. The van der Waals surface area contributed by atoms with Gasteiger partial charge < -0.3 is 16.2 Å². The first-order chi connectivity index (χ1) is 11.0. The number of anilines is 1. The van der Waals surface area contributed by atoms with Crippen LogP contribution < -0.4 is 11.1 Å². The number of benzene rings is 1. The number of carbonyl (C=O) groups is 2. The number of nitrogens with zero attached hydrogens (tertiary/aromatic N) is 1. The monoisotopic (exact) mass is 315 g/mol. The average molecular weight is 315 g/mol. The SMILES string of the molecule is Nc1ncc(C2CNC(=O)C2)cc1-c1cccc(F)c1C(=O)O. The number of aromatic nitrogens is 1. The molecule has 1 saturated heterocycles. The summed E-state index contributed by atoms with van der Waals surface area (Å²) in [6.07, 6.45) is 1.89. The molecule has 118 valence electrons. The zero-order valence-corrected chi connectivity index (χ0v) is 12.0. The van der Waals surface area contributed by atoms with Crippen molar-refractivity contribution >= 4 is 17.7 Å². The third-order valence-corrected chi connectivity index (χ3v) is 3.91. The van der Waals surface area contributed by atoms with Crippen molar-refractivity contribution in [3.63, 3.8) is 0 Å². The number of amides is 1. The molecule has 1 aromatic carbocycles. The number of rotatable bonds is 3. The number of carbonyl (C=O) groups excluding carboxylic acids is 1. The summed E-state index contributed by atoms with van der Waals surface area (Å²) in [5.74, 6) is -2.21. The summed E-state index contributed by atoms with van der Waals surface area (Å²) >= 11 is 0. The van der Waals surface area contributed by atoms with Crippen LogP contribution in [0.5, 0.6) is 0 Å². The second kappa shape index (κ2) is 5.68. The fraction of sp³-hybridized carbons (Fsp3) is 0.188. The van der Waals surface area contributed by atoms with Crippen molar-refractivity contribution in [1.82, 2.24) is 10.3 Å². The predicted molar refractivity (Wildman–Crippen MR) is 81.4 cm³/mol. The number of carboxylic acids is 1. The number of aromatic carboxylic acids is 1. The number of pyridine rings is 1. The molecule has 1 unspecified atom stereocenters. The molecule has 2 heterocycles. The fourth-order valence-corrected chi connectivity index (χ4v) is 2.74. The quantitative estimate of drug-likeness (QED) is 0.800. The summed E-state index contributed by atoms with van der Waals surface area (Å²) in [4.78, 5) is 26.8. The molecule has 1 amide bonds. The van der Waals surface area contributed by atoms with Gasteiger partial charge >= 0.3 is 5.97 Å². The van der Waals surface area contributed by atoms with Crippen LogP contribution in [0.4, 0.5) is 10.2 Å². The largest absolute Gasteiger partial charge is 0.478 e. The maximum absolute atomic E-state index is 13.9. The lowest BCUT2D eigenvalue weighted by Gasteiger charge is -2.13. The van der Waals surface area contributed by atoms with Crippen LogP contribution in [-0.4, -0.2) is 28.5 Å². The minimum absolute atomic E-state index is 0.0506. The molecule has 3 rings (SSSR count). The van der Waals surface area contributed by atoms with E-state index < -0.39 is 17.3 Å². The molecule has 7 heteroatoms. The summed E-state index contributed by atoms with van der Waals surface area (Å²) in [7, 11) is 0. The zero-order chi connectivity index (χ0) is 16.6. The summed E-state index contributed by atoms with van der Waals surface area (Å²) in [5, 5.41) is 12.0. The lowest BCUT2D eigenvalue weighted by molar-refractivity contribution is -0.119. The van der Waals surface area contributed by atoms with Crippen molar-refractivity contribution < 1.29 is 19.1 Å². The first-order valence-corrected chi connectivity index (χ1v) is 7.01. The van der Waals surface area contributed by atoms with Gasteiger partial charge in [-0.3, -0.25) is 4.79 Å². The van der Waals surface area contributed by atoms with Crippen molar-refractivity contribution in [3.05, 3.63) is 47.4 Å². The molecule has 1 aromatic heterocycles. The maximum atomic E-state index is 13.9. The molecular formula is C16H14FN3O3. The van der Waals surface area contributed by atoms with Crippen molar-refractivity contribution in [3.8, 4) is 11.1 Å². The molecular weight excluding hydrogens is 301 g/mol. The van der Waals surface area contributed by atoms with Gasteiger partial charge in [-0.2, -0.15) is 0 Å². The van der Waals surface area contributed by atoms with E-state index in [0.717, 1.165) is 11.6 Å². The molecule has 0 spiro atoms. The third-order valence-electron chi connectivity index (χ3n) is 3.91. The van der Waals surface area contributed by atoms with Gasteiger partial charge in [0.1, 0.15) is 17.2 Å². The number of nitrogen functional groups attached to an aromatic ring is 1. The van der Waals surface area contributed by atoms with Crippen LogP contribution in [0.2, 0.25) is 0 Å². The Hall–Kier alpha value is -2.96. The summed E-state index contributed by atoms with van der Waals surface area (Å²) in [6.45, 7) is 0.485. The van der Waals surface area contributed by atoms with Gasteiger partial charge in [0, 0.05) is 36.2 Å². The first kappa shape index (κ1) is 15.0. The van der Waals surface area contributed by atoms with Crippen LogP contribution in [0.15, 0.2) is 30.5 Å². The highest BCUT2D eigenvalue weighted by atomic mass is 19.1. The standard InChI is InChI=1S/C16H14FN3O3/c17-12-3-1-2-10(14(12)16(22)23)11-4-8(7-20-15(11)18)9-5-13(21)19-6-9/h1-4,7,9H,5-6H2,(H2,18,20)(H,19,21)(H,22,23). The Morgan fingerprint density at radius 2 is 2.17 bits per heavy atom. The molecule has 0 radical (unpaired) electrons. The normalized spacial score (nSPS) is 17.1. The molecule has 6 nitrogen and oxygen atoms in total. The van der Waals surface area contributed by atoms with Crippen molar-refractivity contribution in [1.29, 1.82) is 0 Å². The molecule has 0 aliphatic carbocycles. The number of nitrogens with two attached hydrogens (primary N) is 1. The Kier molecular flexibility index (Phi) is 3.69. The molecule has 1 aliphatic heterocycles. The Morgan fingerprint density at radius 1 is 1.39 bits per heavy atom. The van der Waals surface area contributed by atoms with Crippen molar-refractivity contribution in [2.75, 3.05) is 12.3 Å². The summed E-state index contributed by atoms with van der Waals surface area (Å²) in [5.41, 5.74) is 6.68. The van der Waals surface area contributed by atoms with E-state index in [4.69, 9.17) is 5.73 Å². The Balaban J connectivity index is 2.12. The van der Waals surface area contributed by atoms with Gasteiger partial charge in [0.2, 0.25) is 5.91 Å². The van der Waals surface area contributed by atoms with Crippen LogP contribution in [0, 0.1) is 5.82 Å². The van der Waals surface area contributed by atoms with E-state index in [1.165, 1.54) is 12.1 Å². The molecule has 1 fully saturated rings. The fourth-order valence-electron chi connectivity index (χ4n) is 2.74. The predicted octanol–water partition coefficient (Wildman–Crippen LogP) is 1.77. The van der Waals surface area contributed by atoms with Gasteiger partial charge in [0.05, 0.1) is 0 Å². The van der Waals surface area contributed by atoms with Gasteiger partial charge in [0.25, 0.3) is 0 Å². The van der Waals surface area contributed by atoms with E-state index in [1.807, 2.05) is 0 Å². The number of hydrogen-bond donors (Lipinski definition) is 3. The van der Waals surface area contributed by atoms with Gasteiger partial charge in [-0.1, -0.05) is 12.1 Å². The minimum Gasteiger partial charge on any atom is -0.478 e. The lowest BCUT2D eigenvalue weighted by Crippen LogP contribution is -2.13. The molecule has 1 atom stereocenters. The van der Waals surface area contributed by atoms with Crippen LogP contribution >= 0.6 is 0 Å². The van der Waals surface area contributed by atoms with Gasteiger partial charge in [-0.25, -0.2) is 14.2 Å². The topological polar surface area (TPSA) is 105 Å². The Morgan fingerprint density at radius 3 is 2.83 bits per heavy atom. The van der Waals surface area contributed by atoms with E-state index >= 15 is 0 Å². The minimum atomic E-state index is -1.37. The smallest absolute Gasteiger partial charge is 0.339 e. The molecule has 0 bridgehead atoms. The number of nitrogens with one attached hydrogen (secondary N) is 1. The van der Waals surface area contributed by atoms with E-state index in [0.29, 0.717) is 18.5 Å². The van der Waals surface area contributed by atoms with Gasteiger partial charge in [-0.15, -0.1) is 0 Å². The summed E-state index contributed by atoms with van der Waals surface area (Å²) in [6, 6.07) is 5.67. The maximum Gasteiger partial charge on any atom is 0.339 e. The van der Waals surface area contributed by atoms with E-state index in [1.54, 1.807) is 12.3 Å². The average Bonchev–Trinajstić information content (AvgIpc) is 2.93.